The average molecular weight is 335 g/mol. The lowest BCUT2D eigenvalue weighted by Crippen LogP contribution is -2.55. The number of hydrogen-bond acceptors (Lipinski definition) is 4. The number of benzene rings is 1. The molecule has 0 aromatic heterocycles. The Labute approximate surface area is 144 Å². The van der Waals surface area contributed by atoms with Crippen LogP contribution in [0.1, 0.15) is 46.3 Å². The van der Waals surface area contributed by atoms with E-state index in [9.17, 15) is 9.90 Å². The van der Waals surface area contributed by atoms with Crippen molar-refractivity contribution >= 4 is 6.09 Å². The number of alkyl carbamates (subject to hydrolysis) is 1. The van der Waals surface area contributed by atoms with Crippen LogP contribution < -0.4 is 5.32 Å². The normalized spacial score (nSPS) is 23.3. The summed E-state index contributed by atoms with van der Waals surface area (Å²) in [5.74, 6) is 0.0271. The van der Waals surface area contributed by atoms with Gasteiger partial charge in [0.25, 0.3) is 0 Å². The Morgan fingerprint density at radius 1 is 1.29 bits per heavy atom. The molecule has 2 rings (SSSR count). The van der Waals surface area contributed by atoms with Crippen LogP contribution in [0.4, 0.5) is 4.79 Å². The van der Waals surface area contributed by atoms with Gasteiger partial charge in [-0.2, -0.15) is 0 Å². The van der Waals surface area contributed by atoms with E-state index in [1.165, 1.54) is 0 Å². The standard InChI is InChI=1S/C19H29NO4/c1-12(2)15(20-18(22)24-19(3,4)5)16(21)14-11-23-17(14)13-9-7-6-8-10-13/h6-10,12,14-17,21H,11H2,1-5H3,(H,20,22)/t14-,15+,16+,17-/m1/s1. The predicted molar refractivity (Wildman–Crippen MR) is 92.6 cm³/mol. The lowest BCUT2D eigenvalue weighted by Gasteiger charge is -2.43. The molecule has 1 aromatic rings. The third kappa shape index (κ3) is 4.71. The maximum absolute atomic E-state index is 12.1. The second-order valence-corrected chi connectivity index (χ2v) is 7.74. The SMILES string of the molecule is CC(C)[C@H](NC(=O)OC(C)(C)C)[C@@H](O)[C@H]1CO[C@@H]1c1ccccc1. The summed E-state index contributed by atoms with van der Waals surface area (Å²) >= 11 is 0. The maximum Gasteiger partial charge on any atom is 0.407 e. The first-order chi connectivity index (χ1) is 11.2. The van der Waals surface area contributed by atoms with Gasteiger partial charge in [0.2, 0.25) is 0 Å². The monoisotopic (exact) mass is 335 g/mol. The lowest BCUT2D eigenvalue weighted by atomic mass is 9.81. The molecule has 1 aliphatic heterocycles. The highest BCUT2D eigenvalue weighted by molar-refractivity contribution is 5.68. The van der Waals surface area contributed by atoms with Crippen LogP contribution in [-0.2, 0) is 9.47 Å². The number of rotatable bonds is 5. The molecule has 0 spiro atoms. The first-order valence-corrected chi connectivity index (χ1v) is 8.53. The number of aliphatic hydroxyl groups excluding tert-OH is 1. The van der Waals surface area contributed by atoms with E-state index in [0.29, 0.717) is 6.61 Å². The summed E-state index contributed by atoms with van der Waals surface area (Å²) in [4.78, 5) is 12.1. The number of aliphatic hydroxyl groups is 1. The zero-order chi connectivity index (χ0) is 17.9. The van der Waals surface area contributed by atoms with Crippen LogP contribution in [0.25, 0.3) is 0 Å². The summed E-state index contributed by atoms with van der Waals surface area (Å²) in [6, 6.07) is 9.47. The van der Waals surface area contributed by atoms with Crippen LogP contribution in [0.5, 0.6) is 0 Å². The molecular weight excluding hydrogens is 306 g/mol. The van der Waals surface area contributed by atoms with Crippen LogP contribution in [0, 0.1) is 11.8 Å². The third-order valence-corrected chi connectivity index (χ3v) is 4.19. The topological polar surface area (TPSA) is 67.8 Å². The first kappa shape index (κ1) is 18.7. The molecule has 4 atom stereocenters. The molecule has 0 aliphatic carbocycles. The van der Waals surface area contributed by atoms with Gasteiger partial charge in [-0.25, -0.2) is 4.79 Å². The average Bonchev–Trinajstić information content (AvgIpc) is 2.42. The van der Waals surface area contributed by atoms with Gasteiger partial charge in [-0.1, -0.05) is 44.2 Å². The van der Waals surface area contributed by atoms with Crippen molar-refractivity contribution in [2.24, 2.45) is 11.8 Å². The Bertz CT molecular complexity index is 538. The summed E-state index contributed by atoms with van der Waals surface area (Å²) in [7, 11) is 0. The molecular formula is C19H29NO4. The molecule has 0 saturated carbocycles. The van der Waals surface area contributed by atoms with E-state index in [0.717, 1.165) is 5.56 Å². The van der Waals surface area contributed by atoms with Gasteiger partial charge in [-0.05, 0) is 32.3 Å². The van der Waals surface area contributed by atoms with Crippen LogP contribution in [-0.4, -0.2) is 35.6 Å². The van der Waals surface area contributed by atoms with Gasteiger partial charge in [0.15, 0.2) is 0 Å². The smallest absolute Gasteiger partial charge is 0.407 e. The molecule has 1 saturated heterocycles. The minimum atomic E-state index is -0.698. The molecule has 1 aromatic carbocycles. The van der Waals surface area contributed by atoms with Gasteiger partial charge in [-0.3, -0.25) is 0 Å². The molecule has 1 heterocycles. The molecule has 5 heteroatoms. The van der Waals surface area contributed by atoms with Crippen molar-refractivity contribution in [2.75, 3.05) is 6.61 Å². The van der Waals surface area contributed by atoms with Gasteiger partial charge < -0.3 is 19.9 Å². The van der Waals surface area contributed by atoms with Crippen LogP contribution in [0.2, 0.25) is 0 Å². The maximum atomic E-state index is 12.1. The number of hydrogen-bond donors (Lipinski definition) is 2. The van der Waals surface area contributed by atoms with E-state index in [4.69, 9.17) is 9.47 Å². The van der Waals surface area contributed by atoms with Crippen LogP contribution in [0.15, 0.2) is 30.3 Å². The number of carbonyl (C=O) groups excluding carboxylic acids is 1. The Balaban J connectivity index is 2.04. The number of carbonyl (C=O) groups is 1. The summed E-state index contributed by atoms with van der Waals surface area (Å²) in [6.07, 6.45) is -1.34. The van der Waals surface area contributed by atoms with Gasteiger partial charge in [0.1, 0.15) is 5.60 Å². The molecule has 1 fully saturated rings. The minimum absolute atomic E-state index is 0.0465. The summed E-state index contributed by atoms with van der Waals surface area (Å²) < 4.78 is 11.0. The van der Waals surface area contributed by atoms with Crippen molar-refractivity contribution in [3.63, 3.8) is 0 Å². The van der Waals surface area contributed by atoms with Crippen molar-refractivity contribution in [3.8, 4) is 0 Å². The second-order valence-electron chi connectivity index (χ2n) is 7.74. The summed E-state index contributed by atoms with van der Waals surface area (Å²) in [5, 5.41) is 13.7. The van der Waals surface area contributed by atoms with Crippen LogP contribution in [0.3, 0.4) is 0 Å². The van der Waals surface area contributed by atoms with Crippen molar-refractivity contribution in [3.05, 3.63) is 35.9 Å². The van der Waals surface area contributed by atoms with Gasteiger partial charge >= 0.3 is 6.09 Å². The highest BCUT2D eigenvalue weighted by Crippen LogP contribution is 2.39. The quantitative estimate of drug-likeness (QED) is 0.866. The lowest BCUT2D eigenvalue weighted by molar-refractivity contribution is -0.169. The third-order valence-electron chi connectivity index (χ3n) is 4.19. The van der Waals surface area contributed by atoms with Crippen molar-refractivity contribution in [1.82, 2.24) is 5.32 Å². The van der Waals surface area contributed by atoms with E-state index < -0.39 is 17.8 Å². The number of nitrogens with one attached hydrogen (secondary N) is 1. The minimum Gasteiger partial charge on any atom is -0.444 e. The van der Waals surface area contributed by atoms with E-state index in [1.54, 1.807) is 0 Å². The Hall–Kier alpha value is -1.59. The van der Waals surface area contributed by atoms with Gasteiger partial charge in [0, 0.05) is 5.92 Å². The molecule has 2 N–H and O–H groups in total. The highest BCUT2D eigenvalue weighted by atomic mass is 16.6. The molecule has 0 bridgehead atoms. The zero-order valence-corrected chi connectivity index (χ0v) is 15.2. The van der Waals surface area contributed by atoms with E-state index in [-0.39, 0.29) is 24.0 Å². The fraction of sp³-hybridized carbons (Fsp3) is 0.632. The first-order valence-electron chi connectivity index (χ1n) is 8.53. The van der Waals surface area contributed by atoms with E-state index >= 15 is 0 Å². The molecule has 1 amide bonds. The van der Waals surface area contributed by atoms with Crippen molar-refractivity contribution in [1.29, 1.82) is 0 Å². The fourth-order valence-electron chi connectivity index (χ4n) is 2.92. The highest BCUT2D eigenvalue weighted by Gasteiger charge is 2.43. The molecule has 5 nitrogen and oxygen atoms in total. The summed E-state index contributed by atoms with van der Waals surface area (Å²) in [6.45, 7) is 9.89. The predicted octanol–water partition coefficient (Wildman–Crippen LogP) is 3.28. The fourth-order valence-corrected chi connectivity index (χ4v) is 2.92. The Morgan fingerprint density at radius 2 is 1.92 bits per heavy atom. The van der Waals surface area contributed by atoms with Crippen LogP contribution >= 0.6 is 0 Å². The number of amides is 1. The molecule has 24 heavy (non-hydrogen) atoms. The largest absolute Gasteiger partial charge is 0.444 e. The molecule has 134 valence electrons. The zero-order valence-electron chi connectivity index (χ0n) is 15.2. The Kier molecular flexibility index (Phi) is 5.88. The Morgan fingerprint density at radius 3 is 2.38 bits per heavy atom. The second kappa shape index (κ2) is 7.53. The molecule has 0 unspecified atom stereocenters. The van der Waals surface area contributed by atoms with E-state index in [2.05, 4.69) is 5.32 Å². The molecule has 1 aliphatic rings. The molecule has 0 radical (unpaired) electrons. The van der Waals surface area contributed by atoms with Crippen molar-refractivity contribution < 1.29 is 19.4 Å². The number of ether oxygens (including phenoxy) is 2. The van der Waals surface area contributed by atoms with Crippen molar-refractivity contribution in [2.45, 2.75) is 58.5 Å². The summed E-state index contributed by atoms with van der Waals surface area (Å²) in [5.41, 5.74) is 0.482. The van der Waals surface area contributed by atoms with Gasteiger partial charge in [-0.15, -0.1) is 0 Å². The van der Waals surface area contributed by atoms with Gasteiger partial charge in [0.05, 0.1) is 24.9 Å². The van der Waals surface area contributed by atoms with E-state index in [1.807, 2.05) is 65.0 Å².